The number of rotatable bonds is 3. The van der Waals surface area contributed by atoms with Crippen molar-refractivity contribution in [2.75, 3.05) is 18.1 Å². The Balaban J connectivity index is 1.68. The highest BCUT2D eigenvalue weighted by Gasteiger charge is 2.24. The Morgan fingerprint density at radius 3 is 2.38 bits per heavy atom. The van der Waals surface area contributed by atoms with Gasteiger partial charge < -0.3 is 10.1 Å². The zero-order valence-electron chi connectivity index (χ0n) is 10.6. The molecule has 0 radical (unpaired) electrons. The summed E-state index contributed by atoms with van der Waals surface area (Å²) in [4.78, 5) is 0. The van der Waals surface area contributed by atoms with Crippen LogP contribution in [0, 0.1) is 5.92 Å². The van der Waals surface area contributed by atoms with Gasteiger partial charge >= 0.3 is 0 Å². The topological polar surface area (TPSA) is 21.3 Å². The minimum Gasteiger partial charge on any atom is -0.375 e. The van der Waals surface area contributed by atoms with Gasteiger partial charge in [0.2, 0.25) is 0 Å². The lowest BCUT2D eigenvalue weighted by Crippen LogP contribution is -2.43. The van der Waals surface area contributed by atoms with E-state index in [1.807, 2.05) is 0 Å². The fourth-order valence-electron chi connectivity index (χ4n) is 2.86. The van der Waals surface area contributed by atoms with E-state index < -0.39 is 0 Å². The highest BCUT2D eigenvalue weighted by atomic mass is 32.2. The number of ether oxygens (including phenoxy) is 1. The normalized spacial score (nSPS) is 37.5. The third-order valence-corrected chi connectivity index (χ3v) is 4.78. The Labute approximate surface area is 104 Å². The maximum Gasteiger partial charge on any atom is 0.0565 e. The Bertz CT molecular complexity index is 196. The lowest BCUT2D eigenvalue weighted by atomic mass is 9.97. The summed E-state index contributed by atoms with van der Waals surface area (Å²) in [7, 11) is 0. The van der Waals surface area contributed by atoms with Gasteiger partial charge in [-0.2, -0.15) is 11.8 Å². The van der Waals surface area contributed by atoms with Crippen LogP contribution < -0.4 is 5.32 Å². The first-order chi connectivity index (χ1) is 7.74. The standard InChI is InChI=1S/C13H25NOS/c1-10-7-13(8-11(2)15-10)14-9-12-3-5-16-6-4-12/h10-14H,3-9H2,1-2H3. The quantitative estimate of drug-likeness (QED) is 0.823. The van der Waals surface area contributed by atoms with Crippen molar-refractivity contribution < 1.29 is 4.74 Å². The highest BCUT2D eigenvalue weighted by molar-refractivity contribution is 7.99. The lowest BCUT2D eigenvalue weighted by Gasteiger charge is -2.34. The van der Waals surface area contributed by atoms with Crippen molar-refractivity contribution in [3.05, 3.63) is 0 Å². The molecule has 2 heterocycles. The molecule has 2 rings (SSSR count). The average Bonchev–Trinajstić information content (AvgIpc) is 2.27. The van der Waals surface area contributed by atoms with Crippen LogP contribution in [0.2, 0.25) is 0 Å². The second-order valence-electron chi connectivity index (χ2n) is 5.39. The molecule has 0 saturated carbocycles. The third kappa shape index (κ3) is 3.94. The SMILES string of the molecule is CC1CC(NCC2CCSCC2)CC(C)O1. The summed E-state index contributed by atoms with van der Waals surface area (Å²) in [6.45, 7) is 5.62. The first kappa shape index (κ1) is 12.7. The van der Waals surface area contributed by atoms with Gasteiger partial charge in [0.05, 0.1) is 12.2 Å². The molecule has 1 N–H and O–H groups in total. The Hall–Kier alpha value is 0.270. The molecular formula is C13H25NOS. The first-order valence-corrected chi connectivity index (χ1v) is 7.86. The molecule has 0 bridgehead atoms. The van der Waals surface area contributed by atoms with Crippen molar-refractivity contribution in [2.45, 2.75) is 57.8 Å². The largest absolute Gasteiger partial charge is 0.375 e. The summed E-state index contributed by atoms with van der Waals surface area (Å²) in [5.41, 5.74) is 0. The van der Waals surface area contributed by atoms with Gasteiger partial charge in [-0.25, -0.2) is 0 Å². The van der Waals surface area contributed by atoms with Crippen molar-refractivity contribution in [3.63, 3.8) is 0 Å². The molecule has 3 heteroatoms. The Morgan fingerprint density at radius 2 is 1.75 bits per heavy atom. The summed E-state index contributed by atoms with van der Waals surface area (Å²) >= 11 is 2.11. The Morgan fingerprint density at radius 1 is 1.12 bits per heavy atom. The Kier molecular flexibility index (Phi) is 4.98. The van der Waals surface area contributed by atoms with Crippen molar-refractivity contribution in [2.24, 2.45) is 5.92 Å². The van der Waals surface area contributed by atoms with Gasteiger partial charge in [-0.15, -0.1) is 0 Å². The molecule has 0 spiro atoms. The van der Waals surface area contributed by atoms with E-state index >= 15 is 0 Å². The average molecular weight is 243 g/mol. The first-order valence-electron chi connectivity index (χ1n) is 6.70. The van der Waals surface area contributed by atoms with E-state index in [2.05, 4.69) is 30.9 Å². The summed E-state index contributed by atoms with van der Waals surface area (Å²) in [5, 5.41) is 3.76. The molecule has 0 aromatic heterocycles. The minimum absolute atomic E-state index is 0.433. The van der Waals surface area contributed by atoms with Gasteiger partial charge in [-0.05, 0) is 63.5 Å². The van der Waals surface area contributed by atoms with Crippen molar-refractivity contribution in [1.82, 2.24) is 5.32 Å². The number of hydrogen-bond acceptors (Lipinski definition) is 3. The molecule has 2 saturated heterocycles. The van der Waals surface area contributed by atoms with Crippen molar-refractivity contribution in [1.29, 1.82) is 0 Å². The molecule has 2 aliphatic heterocycles. The third-order valence-electron chi connectivity index (χ3n) is 3.73. The molecule has 2 aliphatic rings. The lowest BCUT2D eigenvalue weighted by molar-refractivity contribution is -0.0424. The van der Waals surface area contributed by atoms with Gasteiger partial charge in [-0.3, -0.25) is 0 Å². The number of hydrogen-bond donors (Lipinski definition) is 1. The van der Waals surface area contributed by atoms with Crippen LogP contribution in [0.25, 0.3) is 0 Å². The molecule has 0 amide bonds. The van der Waals surface area contributed by atoms with Crippen LogP contribution in [0.15, 0.2) is 0 Å². The van der Waals surface area contributed by atoms with Crippen LogP contribution >= 0.6 is 11.8 Å². The fraction of sp³-hybridized carbons (Fsp3) is 1.00. The van der Waals surface area contributed by atoms with Crippen LogP contribution in [0.3, 0.4) is 0 Å². The number of thioether (sulfide) groups is 1. The van der Waals surface area contributed by atoms with E-state index in [9.17, 15) is 0 Å². The van der Waals surface area contributed by atoms with Crippen LogP contribution in [0.5, 0.6) is 0 Å². The molecule has 2 nitrogen and oxygen atoms in total. The molecular weight excluding hydrogens is 218 g/mol. The second-order valence-corrected chi connectivity index (χ2v) is 6.61. The minimum atomic E-state index is 0.433. The summed E-state index contributed by atoms with van der Waals surface area (Å²) < 4.78 is 5.76. The van der Waals surface area contributed by atoms with Gasteiger partial charge in [0.25, 0.3) is 0 Å². The molecule has 16 heavy (non-hydrogen) atoms. The summed E-state index contributed by atoms with van der Waals surface area (Å²) in [5.74, 6) is 3.66. The molecule has 94 valence electrons. The van der Waals surface area contributed by atoms with Crippen LogP contribution in [0.4, 0.5) is 0 Å². The molecule has 0 aromatic carbocycles. The van der Waals surface area contributed by atoms with E-state index in [0.29, 0.717) is 18.2 Å². The van der Waals surface area contributed by atoms with Gasteiger partial charge in [-0.1, -0.05) is 0 Å². The highest BCUT2D eigenvalue weighted by Crippen LogP contribution is 2.23. The molecule has 0 aliphatic carbocycles. The maximum atomic E-state index is 5.76. The van der Waals surface area contributed by atoms with Crippen molar-refractivity contribution in [3.8, 4) is 0 Å². The van der Waals surface area contributed by atoms with E-state index in [4.69, 9.17) is 4.74 Å². The van der Waals surface area contributed by atoms with E-state index in [1.54, 1.807) is 0 Å². The monoisotopic (exact) mass is 243 g/mol. The van der Waals surface area contributed by atoms with Crippen LogP contribution in [0.1, 0.15) is 39.5 Å². The van der Waals surface area contributed by atoms with E-state index in [-0.39, 0.29) is 0 Å². The zero-order chi connectivity index (χ0) is 11.4. The van der Waals surface area contributed by atoms with E-state index in [1.165, 1.54) is 43.7 Å². The van der Waals surface area contributed by atoms with Crippen LogP contribution in [-0.4, -0.2) is 36.3 Å². The predicted octanol–water partition coefficient (Wildman–Crippen LogP) is 2.68. The van der Waals surface area contributed by atoms with Crippen LogP contribution in [-0.2, 0) is 4.74 Å². The summed E-state index contributed by atoms with van der Waals surface area (Å²) in [6, 6.07) is 0.688. The zero-order valence-corrected chi connectivity index (χ0v) is 11.4. The van der Waals surface area contributed by atoms with Crippen molar-refractivity contribution >= 4 is 11.8 Å². The number of nitrogens with one attached hydrogen (secondary N) is 1. The summed E-state index contributed by atoms with van der Waals surface area (Å²) in [6.07, 6.45) is 6.06. The van der Waals surface area contributed by atoms with Gasteiger partial charge in [0.1, 0.15) is 0 Å². The smallest absolute Gasteiger partial charge is 0.0565 e. The van der Waals surface area contributed by atoms with Gasteiger partial charge in [0, 0.05) is 6.04 Å². The molecule has 2 unspecified atom stereocenters. The molecule has 0 aromatic rings. The second kappa shape index (κ2) is 6.27. The van der Waals surface area contributed by atoms with E-state index in [0.717, 1.165) is 5.92 Å². The predicted molar refractivity (Wildman–Crippen MR) is 71.1 cm³/mol. The molecule has 2 atom stereocenters. The fourth-order valence-corrected chi connectivity index (χ4v) is 4.06. The van der Waals surface area contributed by atoms with Gasteiger partial charge in [0.15, 0.2) is 0 Å². The maximum absolute atomic E-state index is 5.76. The molecule has 2 fully saturated rings.